The van der Waals surface area contributed by atoms with E-state index < -0.39 is 5.97 Å². The van der Waals surface area contributed by atoms with E-state index in [1.165, 1.54) is 0 Å². The second-order valence-corrected chi connectivity index (χ2v) is 4.60. The molecule has 15 heavy (non-hydrogen) atoms. The van der Waals surface area contributed by atoms with Gasteiger partial charge in [-0.05, 0) is 54.0 Å². The topological polar surface area (TPSA) is 50.4 Å². The monoisotopic (exact) mass is 322 g/mol. The molecule has 0 aliphatic rings. The predicted molar refractivity (Wildman–Crippen MR) is 65.8 cm³/mol. The number of rotatable bonds is 6. The lowest BCUT2D eigenvalue weighted by Crippen LogP contribution is -2.12. The average Bonchev–Trinajstić information content (AvgIpc) is 2.58. The molecule has 1 atom stereocenters. The molecule has 3 nitrogen and oxygen atoms in total. The smallest absolute Gasteiger partial charge is 0.306 e. The van der Waals surface area contributed by atoms with Crippen molar-refractivity contribution < 1.29 is 14.3 Å². The molecular formula is C11H15IO3. The molecule has 84 valence electrons. The van der Waals surface area contributed by atoms with Crippen LogP contribution in [0.15, 0.2) is 16.5 Å². The molecule has 0 bridgehead atoms. The molecule has 0 aliphatic carbocycles. The summed E-state index contributed by atoms with van der Waals surface area (Å²) in [6.45, 7) is 1.91. The van der Waals surface area contributed by atoms with Gasteiger partial charge in [-0.3, -0.25) is 4.79 Å². The van der Waals surface area contributed by atoms with Crippen LogP contribution in [-0.2, 0) is 11.2 Å². The molecule has 1 aromatic rings. The Labute approximate surface area is 103 Å². The van der Waals surface area contributed by atoms with Gasteiger partial charge >= 0.3 is 5.97 Å². The van der Waals surface area contributed by atoms with Crippen molar-refractivity contribution in [2.24, 2.45) is 5.92 Å². The van der Waals surface area contributed by atoms with E-state index in [0.717, 1.165) is 28.8 Å². The van der Waals surface area contributed by atoms with Crippen molar-refractivity contribution in [2.75, 3.05) is 0 Å². The molecule has 4 heteroatoms. The van der Waals surface area contributed by atoms with Crippen LogP contribution in [0.25, 0.3) is 0 Å². The molecule has 1 unspecified atom stereocenters. The third-order valence-electron chi connectivity index (χ3n) is 2.45. The second-order valence-electron chi connectivity index (χ2n) is 3.54. The molecule has 1 aromatic heterocycles. The SMILES string of the molecule is CCC(CCCc1ccc(I)o1)C(=O)O. The van der Waals surface area contributed by atoms with Gasteiger partial charge in [0.05, 0.1) is 5.92 Å². The highest BCUT2D eigenvalue weighted by Crippen LogP contribution is 2.16. The summed E-state index contributed by atoms with van der Waals surface area (Å²) in [5, 5.41) is 8.85. The van der Waals surface area contributed by atoms with Gasteiger partial charge in [0.1, 0.15) is 5.76 Å². The third kappa shape index (κ3) is 4.24. The number of aryl methyl sites for hydroxylation is 1. The van der Waals surface area contributed by atoms with Crippen LogP contribution in [0.1, 0.15) is 31.9 Å². The number of carboxylic acids is 1. The summed E-state index contributed by atoms with van der Waals surface area (Å²) in [5.74, 6) is 0.0465. The van der Waals surface area contributed by atoms with E-state index in [0.29, 0.717) is 6.42 Å². The zero-order valence-corrected chi connectivity index (χ0v) is 10.9. The molecule has 0 fully saturated rings. The highest BCUT2D eigenvalue weighted by molar-refractivity contribution is 14.1. The summed E-state index contributed by atoms with van der Waals surface area (Å²) in [5.41, 5.74) is 0. The van der Waals surface area contributed by atoms with Gasteiger partial charge < -0.3 is 9.52 Å². The highest BCUT2D eigenvalue weighted by Gasteiger charge is 2.14. The van der Waals surface area contributed by atoms with Crippen molar-refractivity contribution in [1.29, 1.82) is 0 Å². The molecule has 0 spiro atoms. The van der Waals surface area contributed by atoms with Crippen LogP contribution in [0.3, 0.4) is 0 Å². The van der Waals surface area contributed by atoms with Crippen molar-refractivity contribution in [1.82, 2.24) is 0 Å². The maximum atomic E-state index is 10.8. The van der Waals surface area contributed by atoms with Crippen molar-refractivity contribution in [3.63, 3.8) is 0 Å². The van der Waals surface area contributed by atoms with E-state index in [2.05, 4.69) is 22.6 Å². The number of carbonyl (C=O) groups is 1. The molecule has 0 aliphatic heterocycles. The molecule has 1 rings (SSSR count). The van der Waals surface area contributed by atoms with Gasteiger partial charge in [0.25, 0.3) is 0 Å². The van der Waals surface area contributed by atoms with Gasteiger partial charge in [0.15, 0.2) is 3.77 Å². The van der Waals surface area contributed by atoms with Crippen LogP contribution in [0.4, 0.5) is 0 Å². The zero-order chi connectivity index (χ0) is 11.3. The maximum Gasteiger partial charge on any atom is 0.306 e. The molecule has 0 aromatic carbocycles. The summed E-state index contributed by atoms with van der Waals surface area (Å²) < 4.78 is 6.28. The van der Waals surface area contributed by atoms with Crippen LogP contribution in [0.2, 0.25) is 0 Å². The van der Waals surface area contributed by atoms with Gasteiger partial charge in [0, 0.05) is 6.42 Å². The molecular weight excluding hydrogens is 307 g/mol. The third-order valence-corrected chi connectivity index (χ3v) is 3.03. The minimum Gasteiger partial charge on any atom is -0.481 e. The fourth-order valence-corrected chi connectivity index (χ4v) is 1.97. The van der Waals surface area contributed by atoms with Crippen LogP contribution in [0.5, 0.6) is 0 Å². The van der Waals surface area contributed by atoms with Crippen molar-refractivity contribution >= 4 is 28.6 Å². The van der Waals surface area contributed by atoms with Crippen molar-refractivity contribution in [3.8, 4) is 0 Å². The van der Waals surface area contributed by atoms with Crippen LogP contribution in [-0.4, -0.2) is 11.1 Å². The average molecular weight is 322 g/mol. The van der Waals surface area contributed by atoms with Gasteiger partial charge in [-0.15, -0.1) is 0 Å². The number of carboxylic acid groups (broad SMARTS) is 1. The standard InChI is InChI=1S/C11H15IO3/c1-2-8(11(13)14)4-3-5-9-6-7-10(12)15-9/h6-8H,2-5H2,1H3,(H,13,14). The first-order chi connectivity index (χ1) is 7.13. The predicted octanol–water partition coefficient (Wildman–Crippen LogP) is 3.32. The van der Waals surface area contributed by atoms with Crippen LogP contribution < -0.4 is 0 Å². The normalized spacial score (nSPS) is 12.7. The van der Waals surface area contributed by atoms with E-state index in [-0.39, 0.29) is 5.92 Å². The molecule has 1 N–H and O–H groups in total. The summed E-state index contributed by atoms with van der Waals surface area (Å²) in [6.07, 6.45) is 3.12. The first-order valence-corrected chi connectivity index (χ1v) is 6.18. The lowest BCUT2D eigenvalue weighted by atomic mass is 9.99. The quantitative estimate of drug-likeness (QED) is 0.818. The zero-order valence-electron chi connectivity index (χ0n) is 8.70. The number of hydrogen-bond acceptors (Lipinski definition) is 2. The number of halogens is 1. The van der Waals surface area contributed by atoms with Gasteiger partial charge in [-0.1, -0.05) is 6.92 Å². The van der Waals surface area contributed by atoms with Gasteiger partial charge in [-0.25, -0.2) is 0 Å². The Hall–Kier alpha value is -0.520. The molecule has 1 heterocycles. The fourth-order valence-electron chi connectivity index (χ4n) is 1.51. The summed E-state index contributed by atoms with van der Waals surface area (Å²) in [7, 11) is 0. The summed E-state index contributed by atoms with van der Waals surface area (Å²) >= 11 is 2.12. The highest BCUT2D eigenvalue weighted by atomic mass is 127. The van der Waals surface area contributed by atoms with E-state index in [4.69, 9.17) is 9.52 Å². The second kappa shape index (κ2) is 6.15. The molecule has 0 saturated heterocycles. The Morgan fingerprint density at radius 2 is 2.33 bits per heavy atom. The van der Waals surface area contributed by atoms with E-state index >= 15 is 0 Å². The molecule has 0 saturated carbocycles. The van der Waals surface area contributed by atoms with Crippen molar-refractivity contribution in [3.05, 3.63) is 21.7 Å². The van der Waals surface area contributed by atoms with E-state index in [1.807, 2.05) is 19.1 Å². The van der Waals surface area contributed by atoms with Gasteiger partial charge in [-0.2, -0.15) is 0 Å². The van der Waals surface area contributed by atoms with Crippen LogP contribution >= 0.6 is 22.6 Å². The number of aliphatic carboxylic acids is 1. The Morgan fingerprint density at radius 3 is 2.80 bits per heavy atom. The van der Waals surface area contributed by atoms with Gasteiger partial charge in [0.2, 0.25) is 0 Å². The minimum absolute atomic E-state index is 0.209. The Balaban J connectivity index is 2.29. The van der Waals surface area contributed by atoms with E-state index in [1.54, 1.807) is 0 Å². The minimum atomic E-state index is -0.688. The Bertz CT molecular complexity index is 319. The molecule has 0 radical (unpaired) electrons. The van der Waals surface area contributed by atoms with Crippen molar-refractivity contribution in [2.45, 2.75) is 32.6 Å². The fraction of sp³-hybridized carbons (Fsp3) is 0.545. The summed E-state index contributed by atoms with van der Waals surface area (Å²) in [6, 6.07) is 3.87. The van der Waals surface area contributed by atoms with E-state index in [9.17, 15) is 4.79 Å². The molecule has 0 amide bonds. The lowest BCUT2D eigenvalue weighted by Gasteiger charge is -2.07. The summed E-state index contributed by atoms with van der Waals surface area (Å²) in [4.78, 5) is 10.8. The van der Waals surface area contributed by atoms with Crippen LogP contribution in [0, 0.1) is 9.68 Å². The Kier molecular flexibility index (Phi) is 5.14. The maximum absolute atomic E-state index is 10.8. The first-order valence-electron chi connectivity index (χ1n) is 5.10. The number of furan rings is 1. The first kappa shape index (κ1) is 12.5. The lowest BCUT2D eigenvalue weighted by molar-refractivity contribution is -0.142. The number of hydrogen-bond donors (Lipinski definition) is 1. The Morgan fingerprint density at radius 1 is 1.60 bits per heavy atom. The largest absolute Gasteiger partial charge is 0.481 e.